The van der Waals surface area contributed by atoms with E-state index >= 15 is 0 Å². The van der Waals surface area contributed by atoms with Gasteiger partial charge in [-0.15, -0.1) is 11.8 Å². The lowest BCUT2D eigenvalue weighted by Crippen LogP contribution is -2.50. The summed E-state index contributed by atoms with van der Waals surface area (Å²) in [6, 6.07) is 10.7. The van der Waals surface area contributed by atoms with Crippen molar-refractivity contribution in [2.45, 2.75) is 45.5 Å². The first-order chi connectivity index (χ1) is 16.1. The summed E-state index contributed by atoms with van der Waals surface area (Å²) in [5.41, 5.74) is 1.60. The van der Waals surface area contributed by atoms with E-state index in [2.05, 4.69) is 5.32 Å². The molecule has 2 aromatic carbocycles. The molecule has 0 radical (unpaired) electrons. The van der Waals surface area contributed by atoms with Crippen molar-refractivity contribution in [2.24, 2.45) is 5.92 Å². The fourth-order valence-electron chi connectivity index (χ4n) is 3.23. The minimum Gasteiger partial charge on any atom is -0.354 e. The number of nitro groups is 1. The van der Waals surface area contributed by atoms with E-state index in [1.807, 2.05) is 20.8 Å². The van der Waals surface area contributed by atoms with E-state index in [1.54, 1.807) is 35.2 Å². The Bertz CT molecular complexity index is 1000. The Kier molecular flexibility index (Phi) is 11.1. The molecular formula is C24H29Cl2N3O4S. The molecule has 0 bridgehead atoms. The molecule has 0 saturated carbocycles. The van der Waals surface area contributed by atoms with Crippen molar-refractivity contribution in [2.75, 3.05) is 12.3 Å². The van der Waals surface area contributed by atoms with Crippen LogP contribution in [0.3, 0.4) is 0 Å². The van der Waals surface area contributed by atoms with Crippen LogP contribution in [0.5, 0.6) is 0 Å². The first-order valence-corrected chi connectivity index (χ1v) is 12.9. The van der Waals surface area contributed by atoms with Gasteiger partial charge in [-0.1, -0.05) is 62.2 Å². The van der Waals surface area contributed by atoms with Crippen LogP contribution in [0.4, 0.5) is 5.69 Å². The lowest BCUT2D eigenvalue weighted by molar-refractivity contribution is -0.384. The van der Waals surface area contributed by atoms with E-state index in [4.69, 9.17) is 23.2 Å². The van der Waals surface area contributed by atoms with Gasteiger partial charge in [0.25, 0.3) is 5.69 Å². The van der Waals surface area contributed by atoms with Crippen LogP contribution in [0, 0.1) is 16.0 Å². The molecule has 184 valence electrons. The molecule has 1 N–H and O–H groups in total. The lowest BCUT2D eigenvalue weighted by Gasteiger charge is -2.31. The van der Waals surface area contributed by atoms with E-state index < -0.39 is 11.0 Å². The molecule has 0 spiro atoms. The SMILES string of the molecule is CC[C@@H](C(=O)NCC(C)C)N(Cc1ccc(Cl)cc1Cl)C(=O)CSCc1ccc([N+](=O)[O-])cc1. The number of non-ortho nitro benzene ring substituents is 1. The van der Waals surface area contributed by atoms with Crippen LogP contribution in [-0.2, 0) is 21.9 Å². The normalized spacial score (nSPS) is 11.8. The Balaban J connectivity index is 2.14. The van der Waals surface area contributed by atoms with Crippen LogP contribution in [0.2, 0.25) is 10.0 Å². The number of hydrogen-bond donors (Lipinski definition) is 1. The van der Waals surface area contributed by atoms with Crippen molar-refractivity contribution in [3.8, 4) is 0 Å². The van der Waals surface area contributed by atoms with E-state index in [9.17, 15) is 19.7 Å². The fourth-order valence-corrected chi connectivity index (χ4v) is 4.57. The van der Waals surface area contributed by atoms with Gasteiger partial charge in [0.2, 0.25) is 11.8 Å². The second-order valence-electron chi connectivity index (χ2n) is 8.24. The number of carbonyl (C=O) groups excluding carboxylic acids is 2. The van der Waals surface area contributed by atoms with Crippen molar-refractivity contribution >= 4 is 52.5 Å². The molecule has 2 aromatic rings. The molecule has 0 aliphatic carbocycles. The maximum atomic E-state index is 13.3. The Morgan fingerprint density at radius 3 is 2.38 bits per heavy atom. The van der Waals surface area contributed by atoms with Gasteiger partial charge in [-0.05, 0) is 35.6 Å². The van der Waals surface area contributed by atoms with Crippen LogP contribution >= 0.6 is 35.0 Å². The van der Waals surface area contributed by atoms with Gasteiger partial charge in [0.05, 0.1) is 10.7 Å². The molecule has 0 aliphatic rings. The zero-order chi connectivity index (χ0) is 25.3. The topological polar surface area (TPSA) is 92.6 Å². The Morgan fingerprint density at radius 1 is 1.15 bits per heavy atom. The quantitative estimate of drug-likeness (QED) is 0.282. The Morgan fingerprint density at radius 2 is 1.82 bits per heavy atom. The van der Waals surface area contributed by atoms with Gasteiger partial charge in [0.15, 0.2) is 0 Å². The summed E-state index contributed by atoms with van der Waals surface area (Å²) in [7, 11) is 0. The van der Waals surface area contributed by atoms with E-state index in [-0.39, 0.29) is 35.7 Å². The van der Waals surface area contributed by atoms with Crippen molar-refractivity contribution in [1.29, 1.82) is 0 Å². The highest BCUT2D eigenvalue weighted by atomic mass is 35.5. The lowest BCUT2D eigenvalue weighted by atomic mass is 10.1. The highest BCUT2D eigenvalue weighted by Crippen LogP contribution is 2.25. The third kappa shape index (κ3) is 8.49. The minimum absolute atomic E-state index is 0.0223. The summed E-state index contributed by atoms with van der Waals surface area (Å²) in [5.74, 6) is 0.555. The molecule has 0 unspecified atom stereocenters. The minimum atomic E-state index is -0.641. The van der Waals surface area contributed by atoms with E-state index in [0.717, 1.165) is 5.56 Å². The molecule has 0 heterocycles. The molecule has 2 rings (SSSR count). The number of hydrogen-bond acceptors (Lipinski definition) is 5. The van der Waals surface area contributed by atoms with Gasteiger partial charge in [-0.2, -0.15) is 0 Å². The number of halogens is 2. The van der Waals surface area contributed by atoms with Gasteiger partial charge in [-0.25, -0.2) is 0 Å². The first kappa shape index (κ1) is 28.0. The van der Waals surface area contributed by atoms with E-state index in [0.29, 0.717) is 34.3 Å². The summed E-state index contributed by atoms with van der Waals surface area (Å²) >= 11 is 13.7. The summed E-state index contributed by atoms with van der Waals surface area (Å²) in [4.78, 5) is 38.1. The zero-order valence-corrected chi connectivity index (χ0v) is 21.8. The Labute approximate surface area is 214 Å². The molecular weight excluding hydrogens is 497 g/mol. The molecule has 10 heteroatoms. The zero-order valence-electron chi connectivity index (χ0n) is 19.4. The number of nitro benzene ring substituents is 1. The second-order valence-corrected chi connectivity index (χ2v) is 10.1. The van der Waals surface area contributed by atoms with Crippen molar-refractivity contribution in [3.05, 3.63) is 73.8 Å². The molecule has 0 aliphatic heterocycles. The third-order valence-corrected chi connectivity index (χ3v) is 6.64. The van der Waals surface area contributed by atoms with Gasteiger partial charge in [0, 0.05) is 41.0 Å². The monoisotopic (exact) mass is 525 g/mol. The fraction of sp³-hybridized carbons (Fsp3) is 0.417. The van der Waals surface area contributed by atoms with Crippen LogP contribution in [0.25, 0.3) is 0 Å². The molecule has 34 heavy (non-hydrogen) atoms. The van der Waals surface area contributed by atoms with Gasteiger partial charge in [-0.3, -0.25) is 19.7 Å². The van der Waals surface area contributed by atoms with Crippen molar-refractivity contribution in [3.63, 3.8) is 0 Å². The van der Waals surface area contributed by atoms with Crippen LogP contribution in [0.15, 0.2) is 42.5 Å². The van der Waals surface area contributed by atoms with Crippen LogP contribution < -0.4 is 5.32 Å². The predicted molar refractivity (Wildman–Crippen MR) is 138 cm³/mol. The smallest absolute Gasteiger partial charge is 0.269 e. The molecule has 0 aromatic heterocycles. The van der Waals surface area contributed by atoms with Crippen molar-refractivity contribution in [1.82, 2.24) is 10.2 Å². The summed E-state index contributed by atoms with van der Waals surface area (Å²) in [5, 5.41) is 14.7. The van der Waals surface area contributed by atoms with Gasteiger partial charge < -0.3 is 10.2 Å². The van der Waals surface area contributed by atoms with Crippen LogP contribution in [-0.4, -0.2) is 40.0 Å². The highest BCUT2D eigenvalue weighted by molar-refractivity contribution is 7.99. The predicted octanol–water partition coefficient (Wildman–Crippen LogP) is 5.71. The largest absolute Gasteiger partial charge is 0.354 e. The third-order valence-electron chi connectivity index (χ3n) is 5.07. The average molecular weight is 526 g/mol. The van der Waals surface area contributed by atoms with Crippen molar-refractivity contribution < 1.29 is 14.5 Å². The van der Waals surface area contributed by atoms with E-state index in [1.165, 1.54) is 23.9 Å². The average Bonchev–Trinajstić information content (AvgIpc) is 2.79. The number of nitrogens with zero attached hydrogens (tertiary/aromatic N) is 2. The number of rotatable bonds is 12. The maximum absolute atomic E-state index is 13.3. The number of benzene rings is 2. The van der Waals surface area contributed by atoms with Gasteiger partial charge in [0.1, 0.15) is 6.04 Å². The number of amides is 2. The standard InChI is InChI=1S/C24H29Cl2N3O4S/c1-4-22(24(31)27-12-16(2)3)28(13-18-7-8-19(25)11-21(18)26)23(30)15-34-14-17-5-9-20(10-6-17)29(32)33/h5-11,16,22H,4,12-15H2,1-3H3,(H,27,31)/t22-/m0/s1. The second kappa shape index (κ2) is 13.6. The summed E-state index contributed by atoms with van der Waals surface area (Å²) < 4.78 is 0. The number of thioether (sulfide) groups is 1. The first-order valence-electron chi connectivity index (χ1n) is 10.9. The molecule has 7 nitrogen and oxygen atoms in total. The molecule has 0 saturated heterocycles. The van der Waals surface area contributed by atoms with Crippen LogP contribution in [0.1, 0.15) is 38.3 Å². The molecule has 1 atom stereocenters. The highest BCUT2D eigenvalue weighted by Gasteiger charge is 2.29. The maximum Gasteiger partial charge on any atom is 0.269 e. The van der Waals surface area contributed by atoms with Gasteiger partial charge >= 0.3 is 0 Å². The Hall–Kier alpha value is -2.29. The molecule has 2 amide bonds. The summed E-state index contributed by atoms with van der Waals surface area (Å²) in [6.07, 6.45) is 0.452. The molecule has 0 fully saturated rings. The summed E-state index contributed by atoms with van der Waals surface area (Å²) in [6.45, 7) is 6.58. The number of carbonyl (C=O) groups is 2. The number of nitrogens with one attached hydrogen (secondary N) is 1.